The van der Waals surface area contributed by atoms with E-state index in [4.69, 9.17) is 44.5 Å². The standard InChI is InChI=1S/C16H16Cl2N2O4.C7H8/c17-10-4-8(6-13(20)16(22)23)5-11(18)15(10)24-7-9-2-1-3-12(19)14(9)21;1-7-5-3-2-4-6-7/h1-5,13,21H,6-7,19-20H2,(H,22,23);2-6H,1H3. The van der Waals surface area contributed by atoms with Gasteiger partial charge in [0.15, 0.2) is 5.75 Å². The number of benzene rings is 3. The average molecular weight is 463 g/mol. The maximum Gasteiger partial charge on any atom is 0.320 e. The van der Waals surface area contributed by atoms with Gasteiger partial charge in [-0.25, -0.2) is 0 Å². The van der Waals surface area contributed by atoms with E-state index >= 15 is 0 Å². The van der Waals surface area contributed by atoms with E-state index in [0.717, 1.165) is 0 Å². The summed E-state index contributed by atoms with van der Waals surface area (Å²) in [5.74, 6) is -0.943. The van der Waals surface area contributed by atoms with E-state index in [2.05, 4.69) is 19.1 Å². The van der Waals surface area contributed by atoms with E-state index in [1.165, 1.54) is 5.56 Å². The highest BCUT2D eigenvalue weighted by Gasteiger charge is 2.16. The van der Waals surface area contributed by atoms with Gasteiger partial charge in [0, 0.05) is 5.56 Å². The molecule has 3 rings (SSSR count). The molecule has 0 aliphatic heterocycles. The Morgan fingerprint density at radius 1 is 1.06 bits per heavy atom. The van der Waals surface area contributed by atoms with E-state index in [1.54, 1.807) is 30.3 Å². The van der Waals surface area contributed by atoms with Crippen LogP contribution in [0, 0.1) is 6.92 Å². The molecule has 1 unspecified atom stereocenters. The lowest BCUT2D eigenvalue weighted by atomic mass is 10.1. The molecular weight excluding hydrogens is 439 g/mol. The minimum Gasteiger partial charge on any atom is -0.505 e. The lowest BCUT2D eigenvalue weighted by Crippen LogP contribution is -2.32. The third kappa shape index (κ3) is 7.36. The van der Waals surface area contributed by atoms with Crippen molar-refractivity contribution in [3.63, 3.8) is 0 Å². The predicted molar refractivity (Wildman–Crippen MR) is 124 cm³/mol. The smallest absolute Gasteiger partial charge is 0.320 e. The molecule has 0 bridgehead atoms. The van der Waals surface area contributed by atoms with Crippen LogP contribution < -0.4 is 16.2 Å². The van der Waals surface area contributed by atoms with Crippen molar-refractivity contribution in [3.05, 3.63) is 87.4 Å². The zero-order valence-electron chi connectivity index (χ0n) is 16.9. The minimum absolute atomic E-state index is 0.0182. The van der Waals surface area contributed by atoms with Gasteiger partial charge in [0.05, 0.1) is 15.7 Å². The third-order valence-electron chi connectivity index (χ3n) is 4.29. The van der Waals surface area contributed by atoms with Crippen molar-refractivity contribution in [2.24, 2.45) is 5.73 Å². The van der Waals surface area contributed by atoms with Gasteiger partial charge >= 0.3 is 5.97 Å². The molecule has 31 heavy (non-hydrogen) atoms. The summed E-state index contributed by atoms with van der Waals surface area (Å²) in [6.45, 7) is 2.10. The Labute approximate surface area is 191 Å². The van der Waals surface area contributed by atoms with Crippen LogP contribution in [-0.4, -0.2) is 22.2 Å². The van der Waals surface area contributed by atoms with Crippen LogP contribution >= 0.6 is 23.2 Å². The van der Waals surface area contributed by atoms with Crippen LogP contribution in [0.25, 0.3) is 0 Å². The summed E-state index contributed by atoms with van der Waals surface area (Å²) >= 11 is 12.3. The van der Waals surface area contributed by atoms with Gasteiger partial charge in [-0.3, -0.25) is 4.79 Å². The van der Waals surface area contributed by atoms with E-state index in [1.807, 2.05) is 18.2 Å². The predicted octanol–water partition coefficient (Wildman–Crippen LogP) is 4.81. The number of aromatic hydroxyl groups is 1. The Bertz CT molecular complexity index is 1010. The number of ether oxygens (including phenoxy) is 1. The number of hydrogen-bond donors (Lipinski definition) is 4. The number of nitrogens with two attached hydrogens (primary N) is 2. The quantitative estimate of drug-likeness (QED) is 0.308. The van der Waals surface area contributed by atoms with E-state index in [0.29, 0.717) is 11.1 Å². The molecule has 0 amide bonds. The normalized spacial score (nSPS) is 11.2. The first-order valence-corrected chi connectivity index (χ1v) is 10.1. The number of aryl methyl sites for hydroxylation is 1. The number of carbonyl (C=O) groups is 1. The number of anilines is 1. The monoisotopic (exact) mass is 462 g/mol. The summed E-state index contributed by atoms with van der Waals surface area (Å²) in [5, 5.41) is 19.2. The van der Waals surface area contributed by atoms with Gasteiger partial charge < -0.3 is 26.4 Å². The first-order valence-electron chi connectivity index (χ1n) is 9.36. The summed E-state index contributed by atoms with van der Waals surface area (Å²) < 4.78 is 5.57. The van der Waals surface area contributed by atoms with Crippen LogP contribution in [-0.2, 0) is 17.8 Å². The highest BCUT2D eigenvalue weighted by molar-refractivity contribution is 6.37. The maximum atomic E-state index is 10.8. The lowest BCUT2D eigenvalue weighted by Gasteiger charge is -2.14. The van der Waals surface area contributed by atoms with Crippen molar-refractivity contribution in [2.75, 3.05) is 5.73 Å². The molecule has 1 atom stereocenters. The Balaban J connectivity index is 0.000000412. The van der Waals surface area contributed by atoms with Crippen molar-refractivity contribution in [1.82, 2.24) is 0 Å². The number of nitrogen functional groups attached to an aromatic ring is 1. The van der Waals surface area contributed by atoms with Crippen molar-refractivity contribution in [3.8, 4) is 11.5 Å². The molecule has 0 saturated carbocycles. The number of phenols is 1. The van der Waals surface area contributed by atoms with Gasteiger partial charge in [-0.15, -0.1) is 0 Å². The molecular formula is C23H24Cl2N2O4. The van der Waals surface area contributed by atoms with Crippen molar-refractivity contribution in [1.29, 1.82) is 0 Å². The first-order chi connectivity index (χ1) is 14.7. The van der Waals surface area contributed by atoms with Gasteiger partial charge in [0.25, 0.3) is 0 Å². The van der Waals surface area contributed by atoms with Gasteiger partial charge in [0.1, 0.15) is 18.4 Å². The molecule has 6 N–H and O–H groups in total. The largest absolute Gasteiger partial charge is 0.505 e. The van der Waals surface area contributed by atoms with Crippen molar-refractivity contribution >= 4 is 34.9 Å². The molecule has 0 spiro atoms. The molecule has 0 radical (unpaired) electrons. The Hall–Kier alpha value is -2.93. The van der Waals surface area contributed by atoms with Crippen molar-refractivity contribution < 1.29 is 19.7 Å². The fraction of sp³-hybridized carbons (Fsp3) is 0.174. The van der Waals surface area contributed by atoms with Gasteiger partial charge in [-0.05, 0) is 37.1 Å². The van der Waals surface area contributed by atoms with Crippen LogP contribution in [0.15, 0.2) is 60.7 Å². The zero-order chi connectivity index (χ0) is 23.0. The molecule has 0 aromatic heterocycles. The summed E-state index contributed by atoms with van der Waals surface area (Å²) in [6.07, 6.45) is 0.0884. The Kier molecular flexibility index (Phi) is 9.00. The number of para-hydroxylation sites is 1. The number of halogens is 2. The second-order valence-corrected chi connectivity index (χ2v) is 7.65. The van der Waals surface area contributed by atoms with Crippen LogP contribution in [0.5, 0.6) is 11.5 Å². The summed E-state index contributed by atoms with van der Waals surface area (Å²) in [6, 6.07) is 17.2. The van der Waals surface area contributed by atoms with Crippen LogP contribution in [0.3, 0.4) is 0 Å². The number of carboxylic acids is 1. The van der Waals surface area contributed by atoms with Gasteiger partial charge in [-0.1, -0.05) is 71.2 Å². The molecule has 3 aromatic carbocycles. The number of aliphatic carboxylic acids is 1. The second-order valence-electron chi connectivity index (χ2n) is 6.84. The average Bonchev–Trinajstić information content (AvgIpc) is 2.71. The maximum absolute atomic E-state index is 10.8. The summed E-state index contributed by atoms with van der Waals surface area (Å²) in [7, 11) is 0. The topological polar surface area (TPSA) is 119 Å². The van der Waals surface area contributed by atoms with E-state index < -0.39 is 12.0 Å². The van der Waals surface area contributed by atoms with Crippen LogP contribution in [0.2, 0.25) is 10.0 Å². The molecule has 0 aliphatic rings. The fourth-order valence-corrected chi connectivity index (χ4v) is 3.26. The van der Waals surface area contributed by atoms with Crippen LogP contribution in [0.4, 0.5) is 5.69 Å². The first kappa shape index (κ1) is 24.3. The highest BCUT2D eigenvalue weighted by Crippen LogP contribution is 2.36. The van der Waals surface area contributed by atoms with Gasteiger partial charge in [-0.2, -0.15) is 0 Å². The van der Waals surface area contributed by atoms with E-state index in [-0.39, 0.29) is 40.3 Å². The Morgan fingerprint density at radius 2 is 1.68 bits per heavy atom. The number of rotatable bonds is 6. The molecule has 8 heteroatoms. The second kappa shape index (κ2) is 11.5. The number of carboxylic acid groups (broad SMARTS) is 1. The molecule has 164 valence electrons. The zero-order valence-corrected chi connectivity index (χ0v) is 18.4. The van der Waals surface area contributed by atoms with Crippen molar-refractivity contribution in [2.45, 2.75) is 26.0 Å². The highest BCUT2D eigenvalue weighted by atomic mass is 35.5. The molecule has 0 aliphatic carbocycles. The van der Waals surface area contributed by atoms with E-state index in [9.17, 15) is 9.90 Å². The number of phenolic OH excluding ortho intramolecular Hbond substituents is 1. The number of hydrogen-bond acceptors (Lipinski definition) is 5. The molecule has 0 fully saturated rings. The third-order valence-corrected chi connectivity index (χ3v) is 4.86. The fourth-order valence-electron chi connectivity index (χ4n) is 2.62. The lowest BCUT2D eigenvalue weighted by molar-refractivity contribution is -0.138. The van der Waals surface area contributed by atoms with Crippen LogP contribution in [0.1, 0.15) is 16.7 Å². The summed E-state index contributed by atoms with van der Waals surface area (Å²) in [5.41, 5.74) is 13.7. The SMILES string of the molecule is Cc1ccccc1.Nc1cccc(COc2c(Cl)cc(CC(N)C(=O)O)cc2Cl)c1O. The minimum atomic E-state index is -1.11. The molecule has 3 aromatic rings. The molecule has 6 nitrogen and oxygen atoms in total. The van der Waals surface area contributed by atoms with Gasteiger partial charge in [0.2, 0.25) is 0 Å². The molecule has 0 heterocycles. The Morgan fingerprint density at radius 3 is 2.19 bits per heavy atom. The molecule has 0 saturated heterocycles. The summed E-state index contributed by atoms with van der Waals surface area (Å²) in [4.78, 5) is 10.8.